The van der Waals surface area contributed by atoms with Gasteiger partial charge in [-0.1, -0.05) is 31.4 Å². The number of nitro benzene ring substituents is 1. The van der Waals surface area contributed by atoms with E-state index in [0.717, 1.165) is 53.4 Å². The van der Waals surface area contributed by atoms with Crippen LogP contribution in [-0.4, -0.2) is 61.2 Å². The molecule has 1 atom stereocenters. The van der Waals surface area contributed by atoms with Crippen LogP contribution >= 0.6 is 0 Å². The van der Waals surface area contributed by atoms with Crippen LogP contribution in [0.2, 0.25) is 0 Å². The molecule has 0 amide bonds. The fourth-order valence-electron chi connectivity index (χ4n) is 6.28. The van der Waals surface area contributed by atoms with Crippen molar-refractivity contribution >= 4 is 22.3 Å². The fourth-order valence-corrected chi connectivity index (χ4v) is 6.28. The number of H-pyrrole nitrogens is 1. The molecule has 6 rings (SSSR count). The second-order valence-corrected chi connectivity index (χ2v) is 11.0. The lowest BCUT2D eigenvalue weighted by Crippen LogP contribution is -2.49. The van der Waals surface area contributed by atoms with Crippen LogP contribution in [0.15, 0.2) is 47.3 Å². The third-order valence-corrected chi connectivity index (χ3v) is 8.56. The van der Waals surface area contributed by atoms with E-state index < -0.39 is 6.04 Å². The number of nitrogens with zero attached hydrogens (tertiary/aromatic N) is 7. The zero-order chi connectivity index (χ0) is 27.8. The normalized spacial score (nSPS) is 17.8. The maximum atomic E-state index is 13.7. The van der Waals surface area contributed by atoms with Crippen LogP contribution in [-0.2, 0) is 0 Å². The van der Waals surface area contributed by atoms with E-state index in [1.807, 2.05) is 23.7 Å². The van der Waals surface area contributed by atoms with Gasteiger partial charge in [-0.3, -0.25) is 19.8 Å². The molecule has 2 aromatic carbocycles. The number of anilines is 1. The Morgan fingerprint density at radius 1 is 0.975 bits per heavy atom. The number of rotatable bonds is 6. The van der Waals surface area contributed by atoms with Gasteiger partial charge in [-0.25, -0.2) is 4.68 Å². The van der Waals surface area contributed by atoms with Gasteiger partial charge in [-0.05, 0) is 66.4 Å². The lowest BCUT2D eigenvalue weighted by atomic mass is 9.94. The largest absolute Gasteiger partial charge is 0.369 e. The van der Waals surface area contributed by atoms with Gasteiger partial charge in [0.15, 0.2) is 5.82 Å². The lowest BCUT2D eigenvalue weighted by molar-refractivity contribution is -0.384. The molecular formula is C29H34N8O3. The van der Waals surface area contributed by atoms with E-state index in [-0.39, 0.29) is 22.2 Å². The van der Waals surface area contributed by atoms with Crippen LogP contribution in [0.4, 0.5) is 11.4 Å². The molecule has 2 aliphatic rings. The Kier molecular flexibility index (Phi) is 7.05. The van der Waals surface area contributed by atoms with Crippen molar-refractivity contribution in [2.24, 2.45) is 0 Å². The summed E-state index contributed by atoms with van der Waals surface area (Å²) in [6.07, 6.45) is 5.59. The SMILES string of the molecule is Cc1ccc(C)c2[nH]c(=O)c(C(c3nnnn3C3CCCCC3)N3CCN(c4ccc([N+](=O)[O-])cc4)CC3)cc12. The molecule has 0 spiro atoms. The van der Waals surface area contributed by atoms with Gasteiger partial charge in [-0.2, -0.15) is 0 Å². The fraction of sp³-hybridized carbons (Fsp3) is 0.448. The van der Waals surface area contributed by atoms with E-state index in [1.165, 1.54) is 6.42 Å². The molecule has 208 valence electrons. The van der Waals surface area contributed by atoms with Gasteiger partial charge in [0.05, 0.1) is 16.5 Å². The maximum absolute atomic E-state index is 13.7. The van der Waals surface area contributed by atoms with Gasteiger partial charge in [-0.15, -0.1) is 5.10 Å². The predicted octanol–water partition coefficient (Wildman–Crippen LogP) is 4.46. The molecule has 1 saturated heterocycles. The summed E-state index contributed by atoms with van der Waals surface area (Å²) in [5, 5.41) is 25.2. The van der Waals surface area contributed by atoms with E-state index in [4.69, 9.17) is 0 Å². The summed E-state index contributed by atoms with van der Waals surface area (Å²) >= 11 is 0. The van der Waals surface area contributed by atoms with Crippen molar-refractivity contribution in [1.82, 2.24) is 30.1 Å². The first-order valence-electron chi connectivity index (χ1n) is 14.0. The Bertz CT molecular complexity index is 1580. The Balaban J connectivity index is 1.37. The van der Waals surface area contributed by atoms with Crippen LogP contribution in [0.3, 0.4) is 0 Å². The van der Waals surface area contributed by atoms with E-state index in [9.17, 15) is 14.9 Å². The molecule has 2 fully saturated rings. The van der Waals surface area contributed by atoms with Crippen molar-refractivity contribution in [3.63, 3.8) is 0 Å². The molecule has 1 N–H and O–H groups in total. The topological polar surface area (TPSA) is 126 Å². The summed E-state index contributed by atoms with van der Waals surface area (Å²) in [6.45, 7) is 6.86. The molecule has 1 aliphatic carbocycles. The molecule has 0 radical (unpaired) electrons. The number of hydrogen-bond donors (Lipinski definition) is 1. The smallest absolute Gasteiger partial charge is 0.269 e. The highest BCUT2D eigenvalue weighted by atomic mass is 16.6. The molecule has 40 heavy (non-hydrogen) atoms. The summed E-state index contributed by atoms with van der Waals surface area (Å²) in [4.78, 5) is 32.1. The molecule has 0 bridgehead atoms. The molecule has 11 nitrogen and oxygen atoms in total. The Morgan fingerprint density at radius 2 is 1.68 bits per heavy atom. The number of nitro groups is 1. The van der Waals surface area contributed by atoms with Crippen molar-refractivity contribution in [2.75, 3.05) is 31.1 Å². The van der Waals surface area contributed by atoms with Gasteiger partial charge < -0.3 is 9.88 Å². The first kappa shape index (κ1) is 26.1. The number of tetrazole rings is 1. The third kappa shape index (κ3) is 4.85. The average Bonchev–Trinajstić information content (AvgIpc) is 3.46. The van der Waals surface area contributed by atoms with Crippen LogP contribution in [0.25, 0.3) is 10.9 Å². The number of hydrogen-bond acceptors (Lipinski definition) is 8. The van der Waals surface area contributed by atoms with Gasteiger partial charge >= 0.3 is 0 Å². The zero-order valence-corrected chi connectivity index (χ0v) is 22.9. The number of aromatic amines is 1. The number of non-ortho nitro benzene ring substituents is 1. The lowest BCUT2D eigenvalue weighted by Gasteiger charge is -2.40. The summed E-state index contributed by atoms with van der Waals surface area (Å²) in [6, 6.07) is 12.7. The first-order chi connectivity index (χ1) is 19.4. The standard InChI is InChI=1S/C29H34N8O3/c1-19-8-9-20(2)26-24(19)18-25(29(38)30-26)27(28-31-32-33-36(28)22-6-4-3-5-7-22)35-16-14-34(15-17-35)21-10-12-23(13-11-21)37(39)40/h8-13,18,22,27H,3-7,14-17H2,1-2H3,(H,30,38). The van der Waals surface area contributed by atoms with Crippen LogP contribution < -0.4 is 10.5 Å². The van der Waals surface area contributed by atoms with Crippen molar-refractivity contribution in [3.05, 3.63) is 85.4 Å². The number of aryl methyl sites for hydroxylation is 2. The molecule has 1 aliphatic heterocycles. The third-order valence-electron chi connectivity index (χ3n) is 8.56. The first-order valence-corrected chi connectivity index (χ1v) is 14.0. The highest BCUT2D eigenvalue weighted by molar-refractivity contribution is 5.85. The predicted molar refractivity (Wildman–Crippen MR) is 153 cm³/mol. The van der Waals surface area contributed by atoms with Crippen molar-refractivity contribution in [2.45, 2.75) is 58.0 Å². The molecule has 2 aromatic heterocycles. The van der Waals surface area contributed by atoms with E-state index in [2.05, 4.69) is 43.3 Å². The van der Waals surface area contributed by atoms with Gasteiger partial charge in [0, 0.05) is 54.9 Å². The van der Waals surface area contributed by atoms with Crippen molar-refractivity contribution in [3.8, 4) is 0 Å². The highest BCUT2D eigenvalue weighted by Gasteiger charge is 2.34. The number of benzene rings is 2. The van der Waals surface area contributed by atoms with Crippen molar-refractivity contribution < 1.29 is 4.92 Å². The maximum Gasteiger partial charge on any atom is 0.269 e. The summed E-state index contributed by atoms with van der Waals surface area (Å²) in [7, 11) is 0. The van der Waals surface area contributed by atoms with E-state index in [0.29, 0.717) is 37.6 Å². The molecule has 1 unspecified atom stereocenters. The van der Waals surface area contributed by atoms with Gasteiger partial charge in [0.1, 0.15) is 6.04 Å². The monoisotopic (exact) mass is 542 g/mol. The number of aromatic nitrogens is 5. The molecule has 1 saturated carbocycles. The Labute approximate surface area is 231 Å². The minimum atomic E-state index is -0.399. The molecular weight excluding hydrogens is 508 g/mol. The molecule has 4 aromatic rings. The Morgan fingerprint density at radius 3 is 2.38 bits per heavy atom. The highest BCUT2D eigenvalue weighted by Crippen LogP contribution is 2.34. The van der Waals surface area contributed by atoms with Gasteiger partial charge in [0.2, 0.25) is 0 Å². The van der Waals surface area contributed by atoms with Gasteiger partial charge in [0.25, 0.3) is 11.2 Å². The molecule has 3 heterocycles. The van der Waals surface area contributed by atoms with Crippen molar-refractivity contribution in [1.29, 1.82) is 0 Å². The number of fused-ring (bicyclic) bond motifs is 1. The van der Waals surface area contributed by atoms with Crippen LogP contribution in [0, 0.1) is 24.0 Å². The average molecular weight is 543 g/mol. The number of nitrogens with one attached hydrogen (secondary N) is 1. The zero-order valence-electron chi connectivity index (χ0n) is 22.9. The van der Waals surface area contributed by atoms with Crippen LogP contribution in [0.1, 0.15) is 66.7 Å². The summed E-state index contributed by atoms with van der Waals surface area (Å²) in [5.41, 5.74) is 4.55. The minimum absolute atomic E-state index is 0.0815. The summed E-state index contributed by atoms with van der Waals surface area (Å²) < 4.78 is 1.97. The quantitative estimate of drug-likeness (QED) is 0.280. The van der Waals surface area contributed by atoms with E-state index in [1.54, 1.807) is 24.3 Å². The number of pyridine rings is 1. The number of piperazine rings is 1. The minimum Gasteiger partial charge on any atom is -0.369 e. The van der Waals surface area contributed by atoms with E-state index >= 15 is 0 Å². The summed E-state index contributed by atoms with van der Waals surface area (Å²) in [5.74, 6) is 0.714. The second kappa shape index (κ2) is 10.8. The van der Waals surface area contributed by atoms with Crippen LogP contribution in [0.5, 0.6) is 0 Å². The Hall–Kier alpha value is -4.12. The molecule has 11 heteroatoms. The second-order valence-electron chi connectivity index (χ2n) is 11.0.